The smallest absolute Gasteiger partial charge is 0.0431 e. The molecule has 0 aliphatic carbocycles. The van der Waals surface area contributed by atoms with Crippen molar-refractivity contribution in [3.8, 4) is 0 Å². The highest BCUT2D eigenvalue weighted by atomic mass is 16.2. The highest BCUT2D eigenvalue weighted by Gasteiger charge is 1.89. The van der Waals surface area contributed by atoms with Crippen molar-refractivity contribution in [3.63, 3.8) is 0 Å². The molecule has 0 aromatic carbocycles. The molecule has 0 amide bonds. The van der Waals surface area contributed by atoms with Gasteiger partial charge in [-0.2, -0.15) is 0 Å². The second-order valence-corrected chi connectivity index (χ2v) is 3.20. The molecular weight excluding hydrogens is 192 g/mol. The first kappa shape index (κ1) is 29.3. The molecule has 0 radical (unpaired) electrons. The van der Waals surface area contributed by atoms with Crippen molar-refractivity contribution >= 4 is 0 Å². The van der Waals surface area contributed by atoms with E-state index in [0.717, 1.165) is 6.42 Å². The van der Waals surface area contributed by atoms with Crippen LogP contribution in [0.2, 0.25) is 0 Å². The van der Waals surface area contributed by atoms with Crippen molar-refractivity contribution in [2.75, 3.05) is 6.61 Å². The first-order chi connectivity index (χ1) is 5.41. The van der Waals surface area contributed by atoms with Crippen LogP contribution in [-0.4, -0.2) is 11.7 Å². The van der Waals surface area contributed by atoms with Gasteiger partial charge in [0.1, 0.15) is 0 Å². The van der Waals surface area contributed by atoms with Crippen LogP contribution in [0.5, 0.6) is 0 Å². The lowest BCUT2D eigenvalue weighted by Gasteiger charge is -1.98. The highest BCUT2D eigenvalue weighted by molar-refractivity contribution is 4.44. The van der Waals surface area contributed by atoms with Crippen molar-refractivity contribution < 1.29 is 5.11 Å². The summed E-state index contributed by atoms with van der Waals surface area (Å²) in [5, 5.41) is 8.51. The molecule has 15 heavy (non-hydrogen) atoms. The molecule has 0 aromatic rings. The lowest BCUT2D eigenvalue weighted by molar-refractivity contribution is 0.282. The largest absolute Gasteiger partial charge is 0.396 e. The van der Waals surface area contributed by atoms with E-state index in [-0.39, 0.29) is 24.6 Å². The van der Waals surface area contributed by atoms with Gasteiger partial charge in [-0.15, -0.1) is 0 Å². The number of aliphatic hydroxyl groups excluding tert-OH is 1. The molecule has 100 valence electrons. The van der Waals surface area contributed by atoms with Gasteiger partial charge >= 0.3 is 0 Å². The van der Waals surface area contributed by atoms with E-state index >= 15 is 0 Å². The van der Waals surface area contributed by atoms with E-state index < -0.39 is 0 Å². The molecule has 0 spiro atoms. The van der Waals surface area contributed by atoms with Crippen LogP contribution < -0.4 is 24.6 Å². The zero-order valence-electron chi connectivity index (χ0n) is 10.6. The molecule has 0 heterocycles. The summed E-state index contributed by atoms with van der Waals surface area (Å²) in [5.74, 6) is 0. The van der Waals surface area contributed by atoms with Crippen molar-refractivity contribution in [2.45, 2.75) is 58.3 Å². The lowest BCUT2D eigenvalue weighted by Crippen LogP contribution is -1.83. The first-order valence-electron chi connectivity index (χ1n) is 5.02. The zero-order valence-corrected chi connectivity index (χ0v) is 10.6. The standard InChI is InChI=1S/C10H22O.4H3N/c1-2-3-4-5-6-7-8-9-10-11;;;;/h11H,2-10H2,1H3;4*1H3. The predicted molar refractivity (Wildman–Crippen MR) is 69.8 cm³/mol. The third kappa shape index (κ3) is 31.6. The second-order valence-electron chi connectivity index (χ2n) is 3.20. The Kier molecular flexibility index (Phi) is 57.1. The Morgan fingerprint density at radius 2 is 0.933 bits per heavy atom. The van der Waals surface area contributed by atoms with E-state index in [4.69, 9.17) is 5.11 Å². The Morgan fingerprint density at radius 3 is 1.27 bits per heavy atom. The Balaban J connectivity index is -0.0000000833. The normalized spacial score (nSPS) is 7.60. The zero-order chi connectivity index (χ0) is 8.36. The molecule has 13 N–H and O–H groups in total. The van der Waals surface area contributed by atoms with Crippen molar-refractivity contribution in [3.05, 3.63) is 0 Å². The van der Waals surface area contributed by atoms with Gasteiger partial charge < -0.3 is 29.7 Å². The summed E-state index contributed by atoms with van der Waals surface area (Å²) in [5.41, 5.74) is 0. The van der Waals surface area contributed by atoms with Crippen LogP contribution in [0, 0.1) is 0 Å². The maximum absolute atomic E-state index is 8.51. The molecule has 0 fully saturated rings. The lowest BCUT2D eigenvalue weighted by atomic mass is 10.1. The number of unbranched alkanes of at least 4 members (excludes halogenated alkanes) is 7. The van der Waals surface area contributed by atoms with Gasteiger partial charge in [0, 0.05) is 6.61 Å². The second kappa shape index (κ2) is 29.2. The van der Waals surface area contributed by atoms with Crippen molar-refractivity contribution in [1.82, 2.24) is 24.6 Å². The van der Waals surface area contributed by atoms with E-state index in [1.54, 1.807) is 0 Å². The molecular formula is C10H34N4O. The molecule has 0 rings (SSSR count). The van der Waals surface area contributed by atoms with E-state index in [0.29, 0.717) is 6.61 Å². The molecule has 0 saturated carbocycles. The molecule has 0 aliphatic rings. The van der Waals surface area contributed by atoms with E-state index in [1.807, 2.05) is 0 Å². The van der Waals surface area contributed by atoms with Crippen LogP contribution in [-0.2, 0) is 0 Å². The number of hydrogen-bond donors (Lipinski definition) is 5. The van der Waals surface area contributed by atoms with Crippen LogP contribution in [0.15, 0.2) is 0 Å². The summed E-state index contributed by atoms with van der Waals surface area (Å²) in [6, 6.07) is 0. The van der Waals surface area contributed by atoms with Crippen LogP contribution in [0.1, 0.15) is 58.3 Å². The Hall–Kier alpha value is -0.200. The topological polar surface area (TPSA) is 160 Å². The molecule has 0 saturated heterocycles. The number of aliphatic hydroxyl groups is 1. The van der Waals surface area contributed by atoms with Crippen molar-refractivity contribution in [2.24, 2.45) is 0 Å². The summed E-state index contributed by atoms with van der Waals surface area (Å²) >= 11 is 0. The number of rotatable bonds is 8. The third-order valence-corrected chi connectivity index (χ3v) is 2.01. The van der Waals surface area contributed by atoms with Gasteiger partial charge in [-0.05, 0) is 6.42 Å². The van der Waals surface area contributed by atoms with Gasteiger partial charge in [-0.1, -0.05) is 51.9 Å². The van der Waals surface area contributed by atoms with Gasteiger partial charge in [-0.3, -0.25) is 0 Å². The Morgan fingerprint density at radius 1 is 0.600 bits per heavy atom. The average molecular weight is 226 g/mol. The van der Waals surface area contributed by atoms with Gasteiger partial charge in [-0.25, -0.2) is 0 Å². The van der Waals surface area contributed by atoms with Gasteiger partial charge in [0.15, 0.2) is 0 Å². The molecule has 5 nitrogen and oxygen atoms in total. The third-order valence-electron chi connectivity index (χ3n) is 2.01. The van der Waals surface area contributed by atoms with Crippen LogP contribution >= 0.6 is 0 Å². The Bertz CT molecular complexity index is 66.4. The number of hydrogen-bond acceptors (Lipinski definition) is 5. The monoisotopic (exact) mass is 226 g/mol. The van der Waals surface area contributed by atoms with Gasteiger partial charge in [0.2, 0.25) is 0 Å². The van der Waals surface area contributed by atoms with E-state index in [2.05, 4.69) is 6.92 Å². The maximum atomic E-state index is 8.51. The Labute approximate surface area is 95.4 Å². The van der Waals surface area contributed by atoms with Crippen LogP contribution in [0.4, 0.5) is 0 Å². The minimum atomic E-state index is 0. The fourth-order valence-corrected chi connectivity index (χ4v) is 1.25. The average Bonchev–Trinajstić information content (AvgIpc) is 2.03. The molecule has 5 heteroatoms. The fourth-order valence-electron chi connectivity index (χ4n) is 1.25. The van der Waals surface area contributed by atoms with Gasteiger partial charge in [0.25, 0.3) is 0 Å². The summed E-state index contributed by atoms with van der Waals surface area (Å²) in [7, 11) is 0. The van der Waals surface area contributed by atoms with Crippen LogP contribution in [0.3, 0.4) is 0 Å². The van der Waals surface area contributed by atoms with Crippen molar-refractivity contribution in [1.29, 1.82) is 0 Å². The summed E-state index contributed by atoms with van der Waals surface area (Å²) in [6.45, 7) is 2.61. The molecule has 0 aliphatic heterocycles. The summed E-state index contributed by atoms with van der Waals surface area (Å²) in [6.07, 6.45) is 10.4. The molecule has 0 aromatic heterocycles. The highest BCUT2D eigenvalue weighted by Crippen LogP contribution is 2.07. The minimum Gasteiger partial charge on any atom is -0.396 e. The molecule has 0 atom stereocenters. The minimum absolute atomic E-state index is 0. The molecule has 0 bridgehead atoms. The fraction of sp³-hybridized carbons (Fsp3) is 1.00. The predicted octanol–water partition coefficient (Wildman–Crippen LogP) is 3.77. The van der Waals surface area contributed by atoms with Gasteiger partial charge in [0.05, 0.1) is 0 Å². The van der Waals surface area contributed by atoms with Crippen LogP contribution in [0.25, 0.3) is 0 Å². The maximum Gasteiger partial charge on any atom is 0.0431 e. The SMILES string of the molecule is CCCCCCCCCCO.N.N.N.N. The molecule has 0 unspecified atom stereocenters. The summed E-state index contributed by atoms with van der Waals surface area (Å²) < 4.78 is 0. The summed E-state index contributed by atoms with van der Waals surface area (Å²) in [4.78, 5) is 0. The van der Waals surface area contributed by atoms with E-state index in [1.165, 1.54) is 44.9 Å². The quantitative estimate of drug-likeness (QED) is 0.397. The van der Waals surface area contributed by atoms with E-state index in [9.17, 15) is 0 Å². The first-order valence-corrected chi connectivity index (χ1v) is 5.02.